The summed E-state index contributed by atoms with van der Waals surface area (Å²) in [4.78, 5) is 16.6. The number of nitrogens with one attached hydrogen (secondary N) is 2. The highest BCUT2D eigenvalue weighted by Crippen LogP contribution is 2.36. The van der Waals surface area contributed by atoms with E-state index in [1.54, 1.807) is 13.3 Å². The fraction of sp³-hybridized carbons (Fsp3) is 0.654. The van der Waals surface area contributed by atoms with Crippen LogP contribution in [0.15, 0.2) is 24.5 Å². The Hall–Kier alpha value is -2.45. The molecule has 0 atom stereocenters. The van der Waals surface area contributed by atoms with Crippen LogP contribution in [0.1, 0.15) is 75.7 Å². The second-order valence-electron chi connectivity index (χ2n) is 10.2. The minimum Gasteiger partial charge on any atom is -0.481 e. The maximum atomic E-state index is 6.15. The molecule has 0 bridgehead atoms. The van der Waals surface area contributed by atoms with Gasteiger partial charge in [-0.1, -0.05) is 12.8 Å². The number of nitrogens with zero attached hydrogens (tertiary/aromatic N) is 4. The Morgan fingerprint density at radius 3 is 2.50 bits per heavy atom. The van der Waals surface area contributed by atoms with Gasteiger partial charge in [0.05, 0.1) is 7.11 Å². The smallest absolute Gasteiger partial charge is 0.229 e. The molecule has 3 fully saturated rings. The van der Waals surface area contributed by atoms with Gasteiger partial charge >= 0.3 is 0 Å². The summed E-state index contributed by atoms with van der Waals surface area (Å²) in [5.74, 6) is 2.64. The molecule has 0 radical (unpaired) electrons. The normalized spacial score (nSPS) is 24.8. The van der Waals surface area contributed by atoms with E-state index in [4.69, 9.17) is 20.4 Å². The quantitative estimate of drug-likeness (QED) is 0.552. The molecule has 8 nitrogen and oxygen atoms in total. The van der Waals surface area contributed by atoms with Gasteiger partial charge in [0.1, 0.15) is 5.82 Å². The number of ether oxygens (including phenoxy) is 1. The number of likely N-dealkylation sites (tertiary alicyclic amines) is 1. The van der Waals surface area contributed by atoms with Gasteiger partial charge in [-0.15, -0.1) is 0 Å². The van der Waals surface area contributed by atoms with Crippen molar-refractivity contribution in [3.63, 3.8) is 0 Å². The summed E-state index contributed by atoms with van der Waals surface area (Å²) in [6.07, 6.45) is 16.0. The van der Waals surface area contributed by atoms with Gasteiger partial charge in [-0.05, 0) is 76.4 Å². The first-order valence-corrected chi connectivity index (χ1v) is 13.1. The summed E-state index contributed by atoms with van der Waals surface area (Å²) in [5, 5.41) is 7.11. The average Bonchev–Trinajstić information content (AvgIpc) is 3.41. The van der Waals surface area contributed by atoms with E-state index < -0.39 is 0 Å². The number of piperidine rings is 1. The number of aromatic nitrogens is 3. The lowest BCUT2D eigenvalue weighted by Crippen LogP contribution is -2.39. The Bertz CT molecular complexity index is 932. The molecule has 3 aliphatic rings. The summed E-state index contributed by atoms with van der Waals surface area (Å²) in [6.45, 7) is 2.37. The minimum absolute atomic E-state index is 0.335. The molecule has 34 heavy (non-hydrogen) atoms. The first-order valence-electron chi connectivity index (χ1n) is 13.1. The van der Waals surface area contributed by atoms with Gasteiger partial charge in [-0.25, -0.2) is 9.97 Å². The van der Waals surface area contributed by atoms with Crippen molar-refractivity contribution in [2.24, 2.45) is 5.73 Å². The molecule has 184 valence electrons. The summed E-state index contributed by atoms with van der Waals surface area (Å²) in [5.41, 5.74) is 8.28. The van der Waals surface area contributed by atoms with Crippen LogP contribution >= 0.6 is 0 Å². The number of nitrogens with two attached hydrogens (primary N) is 1. The third-order valence-corrected chi connectivity index (χ3v) is 7.94. The third-order valence-electron chi connectivity index (χ3n) is 7.94. The molecular weight excluding hydrogens is 426 g/mol. The molecule has 0 aromatic carbocycles. The van der Waals surface area contributed by atoms with Crippen molar-refractivity contribution in [3.05, 3.63) is 30.1 Å². The number of pyridine rings is 1. The Morgan fingerprint density at radius 1 is 1.00 bits per heavy atom. The fourth-order valence-electron chi connectivity index (χ4n) is 5.90. The van der Waals surface area contributed by atoms with E-state index >= 15 is 0 Å². The predicted molar refractivity (Wildman–Crippen MR) is 136 cm³/mol. The van der Waals surface area contributed by atoms with Crippen LogP contribution < -0.4 is 21.1 Å². The van der Waals surface area contributed by atoms with E-state index in [0.29, 0.717) is 29.8 Å². The van der Waals surface area contributed by atoms with Crippen LogP contribution in [0, 0.1) is 0 Å². The van der Waals surface area contributed by atoms with Gasteiger partial charge < -0.3 is 26.0 Å². The zero-order valence-corrected chi connectivity index (χ0v) is 20.4. The predicted octanol–water partition coefficient (Wildman–Crippen LogP) is 4.43. The Morgan fingerprint density at radius 2 is 1.76 bits per heavy atom. The molecular formula is C26H39N7O. The number of hydrogen-bond donors (Lipinski definition) is 3. The van der Waals surface area contributed by atoms with Crippen molar-refractivity contribution in [1.82, 2.24) is 19.9 Å². The van der Waals surface area contributed by atoms with Crippen LogP contribution in [0.5, 0.6) is 5.88 Å². The Kier molecular flexibility index (Phi) is 7.45. The van der Waals surface area contributed by atoms with Gasteiger partial charge in [0.15, 0.2) is 0 Å². The van der Waals surface area contributed by atoms with E-state index in [9.17, 15) is 0 Å². The molecule has 8 heteroatoms. The third kappa shape index (κ3) is 5.61. The van der Waals surface area contributed by atoms with Crippen molar-refractivity contribution < 1.29 is 4.74 Å². The van der Waals surface area contributed by atoms with Gasteiger partial charge in [0, 0.05) is 47.8 Å². The van der Waals surface area contributed by atoms with Crippen LogP contribution in [0.25, 0.3) is 0 Å². The Balaban J connectivity index is 1.33. The summed E-state index contributed by atoms with van der Waals surface area (Å²) in [6, 6.07) is 5.31. The molecule has 2 aliphatic carbocycles. The SMILES string of the molecule is COc1cc(Nc2ncc(C3CCN(C4CCCC4)CC3)c(NC3CCC(N)CC3)n2)ccn1. The van der Waals surface area contributed by atoms with Gasteiger partial charge in [0.2, 0.25) is 11.8 Å². The van der Waals surface area contributed by atoms with Crippen molar-refractivity contribution in [2.75, 3.05) is 30.8 Å². The molecule has 5 rings (SSSR count). The lowest BCUT2D eigenvalue weighted by molar-refractivity contribution is 0.154. The molecule has 2 aromatic heterocycles. The van der Waals surface area contributed by atoms with E-state index in [-0.39, 0.29) is 0 Å². The van der Waals surface area contributed by atoms with E-state index in [0.717, 1.165) is 43.2 Å². The van der Waals surface area contributed by atoms with Crippen LogP contribution in [0.3, 0.4) is 0 Å². The highest BCUT2D eigenvalue weighted by atomic mass is 16.5. The highest BCUT2D eigenvalue weighted by Gasteiger charge is 2.30. The zero-order valence-electron chi connectivity index (χ0n) is 20.4. The zero-order chi connectivity index (χ0) is 23.3. The van der Waals surface area contributed by atoms with Gasteiger partial charge in [-0.2, -0.15) is 4.98 Å². The standard InChI is InChI=1S/C26H39N7O/c1-34-24-16-21(10-13-28-24)31-26-29-17-23(25(32-26)30-20-8-6-19(27)7-9-20)18-11-14-33(15-12-18)22-4-2-3-5-22/h10,13,16-20,22H,2-9,11-12,14-15,27H2,1H3,(H2,28,29,30,31,32). The topological polar surface area (TPSA) is 101 Å². The summed E-state index contributed by atoms with van der Waals surface area (Å²) < 4.78 is 5.25. The summed E-state index contributed by atoms with van der Waals surface area (Å²) >= 11 is 0. The van der Waals surface area contributed by atoms with E-state index in [1.807, 2.05) is 18.3 Å². The first kappa shape index (κ1) is 23.3. The second-order valence-corrected chi connectivity index (χ2v) is 10.2. The minimum atomic E-state index is 0.335. The lowest BCUT2D eigenvalue weighted by atomic mass is 9.88. The van der Waals surface area contributed by atoms with Crippen molar-refractivity contribution >= 4 is 17.5 Å². The van der Waals surface area contributed by atoms with E-state index in [2.05, 4.69) is 20.5 Å². The molecule has 0 amide bonds. The summed E-state index contributed by atoms with van der Waals surface area (Å²) in [7, 11) is 1.62. The second kappa shape index (κ2) is 10.9. The maximum Gasteiger partial charge on any atom is 0.229 e. The van der Waals surface area contributed by atoms with Gasteiger partial charge in [0.25, 0.3) is 0 Å². The van der Waals surface area contributed by atoms with Crippen LogP contribution in [-0.2, 0) is 0 Å². The molecule has 2 aromatic rings. The monoisotopic (exact) mass is 465 g/mol. The number of anilines is 3. The van der Waals surface area contributed by atoms with Crippen LogP contribution in [-0.4, -0.2) is 58.2 Å². The molecule has 1 saturated heterocycles. The molecule has 3 heterocycles. The molecule has 0 unspecified atom stereocenters. The molecule has 1 aliphatic heterocycles. The molecule has 4 N–H and O–H groups in total. The lowest BCUT2D eigenvalue weighted by Gasteiger charge is -2.37. The van der Waals surface area contributed by atoms with Crippen molar-refractivity contribution in [2.45, 2.75) is 88.3 Å². The fourth-order valence-corrected chi connectivity index (χ4v) is 5.90. The average molecular weight is 466 g/mol. The molecule has 2 saturated carbocycles. The largest absolute Gasteiger partial charge is 0.481 e. The number of methoxy groups -OCH3 is 1. The maximum absolute atomic E-state index is 6.15. The van der Waals surface area contributed by atoms with Gasteiger partial charge in [-0.3, -0.25) is 0 Å². The van der Waals surface area contributed by atoms with E-state index in [1.165, 1.54) is 57.2 Å². The number of rotatable bonds is 7. The molecule has 0 spiro atoms. The van der Waals surface area contributed by atoms with Crippen molar-refractivity contribution in [3.8, 4) is 5.88 Å². The Labute approximate surface area is 203 Å². The van der Waals surface area contributed by atoms with Crippen molar-refractivity contribution in [1.29, 1.82) is 0 Å². The van der Waals surface area contributed by atoms with Crippen LogP contribution in [0.4, 0.5) is 17.5 Å². The first-order chi connectivity index (χ1) is 16.7. The highest BCUT2D eigenvalue weighted by molar-refractivity contribution is 5.57. The van der Waals surface area contributed by atoms with Crippen LogP contribution in [0.2, 0.25) is 0 Å². The number of hydrogen-bond acceptors (Lipinski definition) is 8.